The summed E-state index contributed by atoms with van der Waals surface area (Å²) in [5, 5.41) is 9.88. The summed E-state index contributed by atoms with van der Waals surface area (Å²) in [6, 6.07) is 6.00. The van der Waals surface area contributed by atoms with E-state index in [0.29, 0.717) is 52.1 Å². The highest BCUT2D eigenvalue weighted by Gasteiger charge is 2.39. The van der Waals surface area contributed by atoms with Gasteiger partial charge in [-0.05, 0) is 56.4 Å². The number of hydrogen-bond acceptors (Lipinski definition) is 8. The number of piperazine rings is 1. The lowest BCUT2D eigenvalue weighted by molar-refractivity contribution is -0.137. The van der Waals surface area contributed by atoms with E-state index in [1.165, 1.54) is 28.5 Å². The third kappa shape index (κ3) is 6.00. The molecule has 9 nitrogen and oxygen atoms in total. The maximum absolute atomic E-state index is 14.6. The average molecular weight is 688 g/mol. The Bertz CT molecular complexity index is 1970. The van der Waals surface area contributed by atoms with Gasteiger partial charge in [0.2, 0.25) is 5.91 Å². The number of H-pyrrole nitrogens is 1. The van der Waals surface area contributed by atoms with Gasteiger partial charge in [0.05, 0.1) is 22.3 Å². The molecule has 6 heterocycles. The number of alkyl halides is 3. The van der Waals surface area contributed by atoms with Crippen molar-refractivity contribution in [2.75, 3.05) is 23.7 Å². The largest absolute Gasteiger partial charge is 0.417 e. The number of fused-ring (bicyclic) bond motifs is 1. The average Bonchev–Trinajstić information content (AvgIpc) is 3.61. The number of pyridine rings is 1. The summed E-state index contributed by atoms with van der Waals surface area (Å²) in [7, 11) is 0. The molecule has 0 saturated carbocycles. The minimum absolute atomic E-state index is 0.0530. The summed E-state index contributed by atoms with van der Waals surface area (Å²) in [4.78, 5) is 38.3. The number of carbonyl (C=O) groups excluding carboxylic acids is 1. The Morgan fingerprint density at radius 2 is 1.98 bits per heavy atom. The Morgan fingerprint density at radius 3 is 2.63 bits per heavy atom. The molecule has 2 atom stereocenters. The molecule has 0 radical (unpaired) electrons. The number of aromatic amines is 1. The molecule has 5 aromatic rings. The van der Waals surface area contributed by atoms with Crippen molar-refractivity contribution in [3.63, 3.8) is 0 Å². The normalized spacial score (nSPS) is 18.3. The number of anilines is 1. The van der Waals surface area contributed by atoms with Crippen molar-refractivity contribution >= 4 is 68.4 Å². The Balaban J connectivity index is 0.000000352. The lowest BCUT2D eigenvalue weighted by atomic mass is 10.0. The molecule has 1 N–H and O–H groups in total. The molecule has 4 aromatic heterocycles. The number of hydrogen-bond donors (Lipinski definition) is 1. The highest BCUT2D eigenvalue weighted by molar-refractivity contribution is 7.99. The highest BCUT2D eigenvalue weighted by atomic mass is 35.5. The van der Waals surface area contributed by atoms with E-state index < -0.39 is 17.4 Å². The van der Waals surface area contributed by atoms with Crippen LogP contribution in [0.15, 0.2) is 64.4 Å². The molecule has 1 amide bonds. The van der Waals surface area contributed by atoms with E-state index in [0.717, 1.165) is 28.4 Å². The zero-order chi connectivity index (χ0) is 32.7. The third-order valence-corrected chi connectivity index (χ3v) is 10.4. The first kappa shape index (κ1) is 32.1. The molecular formula is C31H29ClF3N7O2S2. The maximum atomic E-state index is 14.6. The number of aromatic nitrogens is 5. The van der Waals surface area contributed by atoms with Crippen LogP contribution in [0, 0.1) is 0 Å². The fourth-order valence-electron chi connectivity index (χ4n) is 6.11. The van der Waals surface area contributed by atoms with E-state index in [2.05, 4.69) is 26.7 Å². The first-order valence-electron chi connectivity index (χ1n) is 14.5. The number of nitrogens with one attached hydrogen (secondary N) is 1. The standard InChI is InChI=1S/C25H24ClF3N4O2S2.C6H5N3/c1-4-19(34)33-13(2)10-31(11-14(33)3)23-16-9-17(25(27,28)29)20(18-8-15(26)12-37-18)22-21(16)32(24(35)30-23)6-5-7-36-22;1-2-5-4-8-9-6(5)7-3-1/h4,8-9,12-14H,1,5-7,10-11H2,2-3H3;1-4H,(H,7,8,9). The minimum atomic E-state index is -4.64. The molecule has 0 spiro atoms. The van der Waals surface area contributed by atoms with Crippen LogP contribution in [0.5, 0.6) is 0 Å². The first-order chi connectivity index (χ1) is 22.0. The Morgan fingerprint density at radius 1 is 1.22 bits per heavy atom. The predicted molar refractivity (Wildman–Crippen MR) is 177 cm³/mol. The molecule has 46 heavy (non-hydrogen) atoms. The zero-order valence-corrected chi connectivity index (χ0v) is 27.2. The van der Waals surface area contributed by atoms with Gasteiger partial charge in [-0.3, -0.25) is 14.5 Å². The molecule has 2 unspecified atom stereocenters. The quantitative estimate of drug-likeness (QED) is 0.207. The molecule has 1 aromatic carbocycles. The van der Waals surface area contributed by atoms with Gasteiger partial charge in [-0.2, -0.15) is 23.3 Å². The van der Waals surface area contributed by atoms with E-state index in [4.69, 9.17) is 11.6 Å². The number of carbonyl (C=O) groups is 1. The number of nitrogens with zero attached hydrogens (tertiary/aromatic N) is 6. The second-order valence-electron chi connectivity index (χ2n) is 11.1. The van der Waals surface area contributed by atoms with Gasteiger partial charge in [0.15, 0.2) is 5.65 Å². The van der Waals surface area contributed by atoms with Crippen LogP contribution in [0.4, 0.5) is 19.0 Å². The first-order valence-corrected chi connectivity index (χ1v) is 16.7. The molecule has 1 fully saturated rings. The maximum Gasteiger partial charge on any atom is 0.417 e. The van der Waals surface area contributed by atoms with Gasteiger partial charge in [-0.1, -0.05) is 18.2 Å². The fraction of sp³-hybridized carbons (Fsp3) is 0.323. The van der Waals surface area contributed by atoms with Gasteiger partial charge in [-0.25, -0.2) is 9.78 Å². The van der Waals surface area contributed by atoms with Crippen molar-refractivity contribution in [3.05, 3.63) is 75.8 Å². The number of thiophene rings is 1. The van der Waals surface area contributed by atoms with Crippen molar-refractivity contribution in [2.45, 2.75) is 50.0 Å². The molecular weight excluding hydrogens is 659 g/mol. The molecule has 15 heteroatoms. The molecule has 240 valence electrons. The van der Waals surface area contributed by atoms with Crippen molar-refractivity contribution in [1.29, 1.82) is 0 Å². The van der Waals surface area contributed by atoms with Crippen LogP contribution in [0.1, 0.15) is 25.8 Å². The molecule has 1 saturated heterocycles. The smallest absolute Gasteiger partial charge is 0.352 e. The molecule has 2 aliphatic heterocycles. The van der Waals surface area contributed by atoms with Gasteiger partial charge in [0.1, 0.15) is 5.82 Å². The monoisotopic (exact) mass is 687 g/mol. The summed E-state index contributed by atoms with van der Waals surface area (Å²) in [6.45, 7) is 8.31. The lowest BCUT2D eigenvalue weighted by Gasteiger charge is -2.44. The Labute approximate surface area is 275 Å². The van der Waals surface area contributed by atoms with E-state index in [-0.39, 0.29) is 34.8 Å². The van der Waals surface area contributed by atoms with Crippen LogP contribution >= 0.6 is 34.7 Å². The van der Waals surface area contributed by atoms with Gasteiger partial charge >= 0.3 is 11.9 Å². The fourth-order valence-corrected chi connectivity index (χ4v) is 8.51. The molecule has 0 aliphatic carbocycles. The van der Waals surface area contributed by atoms with Gasteiger partial charge in [0, 0.05) is 69.4 Å². The number of benzene rings is 1. The van der Waals surface area contributed by atoms with Crippen LogP contribution in [0.2, 0.25) is 5.02 Å². The van der Waals surface area contributed by atoms with Crippen LogP contribution in [-0.2, 0) is 17.5 Å². The van der Waals surface area contributed by atoms with E-state index in [1.807, 2.05) is 30.9 Å². The number of rotatable bonds is 3. The van der Waals surface area contributed by atoms with Gasteiger partial charge in [-0.15, -0.1) is 23.1 Å². The van der Waals surface area contributed by atoms with E-state index in [9.17, 15) is 22.8 Å². The summed E-state index contributed by atoms with van der Waals surface area (Å²) < 4.78 is 45.2. The van der Waals surface area contributed by atoms with Crippen LogP contribution in [0.3, 0.4) is 0 Å². The van der Waals surface area contributed by atoms with Gasteiger partial charge in [0.25, 0.3) is 0 Å². The minimum Gasteiger partial charge on any atom is -0.352 e. The topological polar surface area (TPSA) is 100 Å². The number of halogens is 4. The summed E-state index contributed by atoms with van der Waals surface area (Å²) in [5.41, 5.74) is 0.0912. The number of aryl methyl sites for hydroxylation is 1. The predicted octanol–water partition coefficient (Wildman–Crippen LogP) is 6.86. The van der Waals surface area contributed by atoms with Gasteiger partial charge < -0.3 is 9.80 Å². The molecule has 2 aliphatic rings. The second-order valence-corrected chi connectivity index (χ2v) is 13.5. The number of thioether (sulfide) groups is 1. The van der Waals surface area contributed by atoms with E-state index >= 15 is 0 Å². The van der Waals surface area contributed by atoms with Crippen LogP contribution in [-0.4, -0.2) is 66.5 Å². The van der Waals surface area contributed by atoms with Crippen molar-refractivity contribution in [3.8, 4) is 10.4 Å². The summed E-state index contributed by atoms with van der Waals surface area (Å²) >= 11 is 8.58. The Kier molecular flexibility index (Phi) is 8.87. The molecule has 7 rings (SSSR count). The number of amides is 1. The van der Waals surface area contributed by atoms with Crippen molar-refractivity contribution in [1.82, 2.24) is 29.6 Å². The highest BCUT2D eigenvalue weighted by Crippen LogP contribution is 2.49. The van der Waals surface area contributed by atoms with Crippen molar-refractivity contribution < 1.29 is 18.0 Å². The Hall–Kier alpha value is -3.88. The SMILES string of the molecule is C=CC(=O)N1C(C)CN(c2nc(=O)n3c4c(c(-c5cc(Cl)cs5)c(C(F)(F)F)cc24)SCCC3)CC1C.c1cnc2[nH]ncc2c1. The van der Waals surface area contributed by atoms with Crippen LogP contribution < -0.4 is 10.6 Å². The third-order valence-electron chi connectivity index (χ3n) is 7.95. The van der Waals surface area contributed by atoms with E-state index in [1.54, 1.807) is 22.7 Å². The lowest BCUT2D eigenvalue weighted by Crippen LogP contribution is -2.58. The summed E-state index contributed by atoms with van der Waals surface area (Å²) in [6.07, 6.45) is 0.725. The van der Waals surface area contributed by atoms with Crippen molar-refractivity contribution in [2.24, 2.45) is 0 Å². The van der Waals surface area contributed by atoms with Crippen LogP contribution in [0.25, 0.3) is 32.4 Å². The second kappa shape index (κ2) is 12.7. The zero-order valence-electron chi connectivity index (χ0n) is 24.8. The summed E-state index contributed by atoms with van der Waals surface area (Å²) in [5.74, 6) is 0.566. The molecule has 0 bridgehead atoms.